The molecule has 0 bridgehead atoms. The van der Waals surface area contributed by atoms with Crippen LogP contribution in [0.4, 0.5) is 5.82 Å². The monoisotopic (exact) mass is 149 g/mol. The van der Waals surface area contributed by atoms with E-state index < -0.39 is 0 Å². The van der Waals surface area contributed by atoms with Gasteiger partial charge in [-0.2, -0.15) is 0 Å². The molecular formula is C8H11N3. The SMILES string of the molecule is CC(C)=Cc1cnc(N)cn1. The van der Waals surface area contributed by atoms with Crippen LogP contribution < -0.4 is 5.73 Å². The number of hydrogen-bond donors (Lipinski definition) is 1. The maximum atomic E-state index is 5.36. The van der Waals surface area contributed by atoms with Gasteiger partial charge in [0.15, 0.2) is 0 Å². The zero-order valence-electron chi connectivity index (χ0n) is 6.70. The van der Waals surface area contributed by atoms with Gasteiger partial charge in [0.2, 0.25) is 0 Å². The fourth-order valence-electron chi connectivity index (χ4n) is 0.718. The van der Waals surface area contributed by atoms with Crippen molar-refractivity contribution >= 4 is 11.9 Å². The lowest BCUT2D eigenvalue weighted by molar-refractivity contribution is 1.18. The summed E-state index contributed by atoms with van der Waals surface area (Å²) in [7, 11) is 0. The van der Waals surface area contributed by atoms with Crippen LogP contribution in [0, 0.1) is 0 Å². The molecule has 0 aliphatic rings. The number of nitrogen functional groups attached to an aromatic ring is 1. The molecule has 1 rings (SSSR count). The number of nitrogens with two attached hydrogens (primary N) is 1. The number of aromatic nitrogens is 2. The lowest BCUT2D eigenvalue weighted by atomic mass is 10.3. The molecule has 0 atom stereocenters. The minimum atomic E-state index is 0.455. The number of anilines is 1. The molecule has 11 heavy (non-hydrogen) atoms. The van der Waals surface area contributed by atoms with E-state index in [1.807, 2.05) is 19.9 Å². The normalized spacial score (nSPS) is 9.27. The summed E-state index contributed by atoms with van der Waals surface area (Å²) in [5.74, 6) is 0.455. The summed E-state index contributed by atoms with van der Waals surface area (Å²) in [6, 6.07) is 0. The van der Waals surface area contributed by atoms with Crippen molar-refractivity contribution in [2.45, 2.75) is 13.8 Å². The molecule has 3 nitrogen and oxygen atoms in total. The van der Waals surface area contributed by atoms with E-state index in [0.29, 0.717) is 5.82 Å². The van der Waals surface area contributed by atoms with E-state index in [2.05, 4.69) is 9.97 Å². The summed E-state index contributed by atoms with van der Waals surface area (Å²) in [6.07, 6.45) is 5.16. The first-order valence-corrected chi connectivity index (χ1v) is 3.41. The quantitative estimate of drug-likeness (QED) is 0.658. The van der Waals surface area contributed by atoms with Crippen molar-refractivity contribution in [2.75, 3.05) is 5.73 Å². The highest BCUT2D eigenvalue weighted by Gasteiger charge is 1.89. The molecule has 0 aromatic carbocycles. The molecule has 0 spiro atoms. The molecule has 0 aliphatic heterocycles. The number of hydrogen-bond acceptors (Lipinski definition) is 3. The minimum absolute atomic E-state index is 0.455. The second-order valence-corrected chi connectivity index (χ2v) is 2.59. The zero-order chi connectivity index (χ0) is 8.27. The molecule has 1 heterocycles. The van der Waals surface area contributed by atoms with Gasteiger partial charge in [-0.15, -0.1) is 0 Å². The van der Waals surface area contributed by atoms with Gasteiger partial charge in [-0.25, -0.2) is 4.98 Å². The van der Waals surface area contributed by atoms with Gasteiger partial charge in [-0.1, -0.05) is 5.57 Å². The van der Waals surface area contributed by atoms with E-state index in [-0.39, 0.29) is 0 Å². The third-order valence-corrected chi connectivity index (χ3v) is 1.13. The van der Waals surface area contributed by atoms with Crippen LogP contribution in [-0.4, -0.2) is 9.97 Å². The van der Waals surface area contributed by atoms with Crippen molar-refractivity contribution in [1.82, 2.24) is 9.97 Å². The summed E-state index contributed by atoms with van der Waals surface area (Å²) in [5.41, 5.74) is 7.41. The van der Waals surface area contributed by atoms with Gasteiger partial charge in [0.1, 0.15) is 5.82 Å². The highest BCUT2D eigenvalue weighted by Crippen LogP contribution is 2.01. The molecular weight excluding hydrogens is 138 g/mol. The van der Waals surface area contributed by atoms with Gasteiger partial charge in [0.25, 0.3) is 0 Å². The van der Waals surface area contributed by atoms with Gasteiger partial charge < -0.3 is 5.73 Å². The third-order valence-electron chi connectivity index (χ3n) is 1.13. The Labute approximate surface area is 66.0 Å². The van der Waals surface area contributed by atoms with E-state index >= 15 is 0 Å². The van der Waals surface area contributed by atoms with Gasteiger partial charge in [0.05, 0.1) is 18.1 Å². The molecule has 0 aliphatic carbocycles. The predicted octanol–water partition coefficient (Wildman–Crippen LogP) is 1.48. The van der Waals surface area contributed by atoms with E-state index in [0.717, 1.165) is 5.69 Å². The van der Waals surface area contributed by atoms with Gasteiger partial charge in [-0.05, 0) is 19.9 Å². The highest BCUT2D eigenvalue weighted by atomic mass is 14.9. The number of allylic oxidation sites excluding steroid dienone is 1. The van der Waals surface area contributed by atoms with Crippen LogP contribution in [0.1, 0.15) is 19.5 Å². The summed E-state index contributed by atoms with van der Waals surface area (Å²) in [6.45, 7) is 4.02. The summed E-state index contributed by atoms with van der Waals surface area (Å²) < 4.78 is 0. The van der Waals surface area contributed by atoms with Gasteiger partial charge in [0, 0.05) is 0 Å². The van der Waals surface area contributed by atoms with Crippen molar-refractivity contribution in [3.63, 3.8) is 0 Å². The van der Waals surface area contributed by atoms with E-state index in [1.54, 1.807) is 12.4 Å². The summed E-state index contributed by atoms with van der Waals surface area (Å²) in [4.78, 5) is 7.96. The average molecular weight is 149 g/mol. The number of nitrogens with zero attached hydrogens (tertiary/aromatic N) is 2. The third kappa shape index (κ3) is 2.37. The Morgan fingerprint density at radius 2 is 2.09 bits per heavy atom. The second kappa shape index (κ2) is 3.14. The van der Waals surface area contributed by atoms with Crippen molar-refractivity contribution in [2.24, 2.45) is 0 Å². The van der Waals surface area contributed by atoms with Crippen LogP contribution >= 0.6 is 0 Å². The van der Waals surface area contributed by atoms with Crippen LogP contribution in [0.2, 0.25) is 0 Å². The number of rotatable bonds is 1. The topological polar surface area (TPSA) is 51.8 Å². The molecule has 58 valence electrons. The van der Waals surface area contributed by atoms with E-state index in [9.17, 15) is 0 Å². The van der Waals surface area contributed by atoms with Crippen LogP contribution in [0.15, 0.2) is 18.0 Å². The lowest BCUT2D eigenvalue weighted by Gasteiger charge is -1.93. The predicted molar refractivity (Wildman–Crippen MR) is 45.8 cm³/mol. The van der Waals surface area contributed by atoms with Crippen LogP contribution in [0.5, 0.6) is 0 Å². The molecule has 0 amide bonds. The Morgan fingerprint density at radius 3 is 2.55 bits per heavy atom. The second-order valence-electron chi connectivity index (χ2n) is 2.59. The van der Waals surface area contributed by atoms with Crippen molar-refractivity contribution in [3.8, 4) is 0 Å². The Hall–Kier alpha value is -1.38. The fraction of sp³-hybridized carbons (Fsp3) is 0.250. The maximum Gasteiger partial charge on any atom is 0.141 e. The molecule has 0 saturated carbocycles. The minimum Gasteiger partial charge on any atom is -0.382 e. The molecule has 1 aromatic rings. The molecule has 3 heteroatoms. The highest BCUT2D eigenvalue weighted by molar-refractivity contribution is 5.47. The zero-order valence-corrected chi connectivity index (χ0v) is 6.70. The Morgan fingerprint density at radius 1 is 1.36 bits per heavy atom. The van der Waals surface area contributed by atoms with Gasteiger partial charge in [-0.3, -0.25) is 4.98 Å². The lowest BCUT2D eigenvalue weighted by Crippen LogP contribution is -1.91. The van der Waals surface area contributed by atoms with Crippen LogP contribution in [0.3, 0.4) is 0 Å². The maximum absolute atomic E-state index is 5.36. The molecule has 0 unspecified atom stereocenters. The Balaban J connectivity index is 2.91. The smallest absolute Gasteiger partial charge is 0.141 e. The first-order chi connectivity index (χ1) is 5.18. The Bertz CT molecular complexity index is 257. The summed E-state index contributed by atoms with van der Waals surface area (Å²) >= 11 is 0. The van der Waals surface area contributed by atoms with Crippen molar-refractivity contribution < 1.29 is 0 Å². The van der Waals surface area contributed by atoms with Crippen LogP contribution in [0.25, 0.3) is 6.08 Å². The standard InChI is InChI=1S/C8H11N3/c1-6(2)3-7-4-11-8(9)5-10-7/h3-5H,1-2H3,(H2,9,11). The largest absolute Gasteiger partial charge is 0.382 e. The van der Waals surface area contributed by atoms with E-state index in [4.69, 9.17) is 5.73 Å². The van der Waals surface area contributed by atoms with Crippen molar-refractivity contribution in [1.29, 1.82) is 0 Å². The molecule has 2 N–H and O–H groups in total. The molecule has 0 saturated heterocycles. The van der Waals surface area contributed by atoms with Crippen LogP contribution in [-0.2, 0) is 0 Å². The fourth-order valence-corrected chi connectivity index (χ4v) is 0.718. The first-order valence-electron chi connectivity index (χ1n) is 3.41. The Kier molecular flexibility index (Phi) is 2.21. The van der Waals surface area contributed by atoms with Gasteiger partial charge >= 0.3 is 0 Å². The molecule has 0 radical (unpaired) electrons. The first kappa shape index (κ1) is 7.72. The summed E-state index contributed by atoms with van der Waals surface area (Å²) in [5, 5.41) is 0. The van der Waals surface area contributed by atoms with E-state index in [1.165, 1.54) is 5.57 Å². The molecule has 1 aromatic heterocycles. The average Bonchev–Trinajstić information content (AvgIpc) is 1.93. The van der Waals surface area contributed by atoms with Crippen molar-refractivity contribution in [3.05, 3.63) is 23.7 Å². The molecule has 0 fully saturated rings.